The summed E-state index contributed by atoms with van der Waals surface area (Å²) in [6, 6.07) is 8.36. The second-order valence-corrected chi connectivity index (χ2v) is 6.90. The van der Waals surface area contributed by atoms with Crippen LogP contribution in [-0.2, 0) is 27.4 Å². The second-order valence-electron chi connectivity index (χ2n) is 6.90. The largest absolute Gasteiger partial charge is 0.352 e. The Morgan fingerprint density at radius 3 is 2.56 bits per heavy atom. The predicted octanol–water partition coefficient (Wildman–Crippen LogP) is 2.69. The third-order valence-electron chi connectivity index (χ3n) is 5.50. The standard InChI is InChI=1S/C20H30N2O3/c1-3-22(4-2)15-17-9-6-5-8-16(17)14-21-19(23)18-10-7-11-20(18)24-12-13-25-20/h5-6,8-9,18H,3-4,7,10-15H2,1-2H3,(H,21,23). The molecule has 1 saturated heterocycles. The summed E-state index contributed by atoms with van der Waals surface area (Å²) in [6.07, 6.45) is 2.65. The van der Waals surface area contributed by atoms with E-state index in [-0.39, 0.29) is 11.8 Å². The molecule has 1 aliphatic heterocycles. The number of hydrogen-bond acceptors (Lipinski definition) is 4. The van der Waals surface area contributed by atoms with Crippen molar-refractivity contribution in [3.63, 3.8) is 0 Å². The van der Waals surface area contributed by atoms with Crippen molar-refractivity contribution in [2.45, 2.75) is 52.0 Å². The molecule has 1 amide bonds. The minimum Gasteiger partial charge on any atom is -0.352 e. The van der Waals surface area contributed by atoms with Gasteiger partial charge in [0.05, 0.1) is 19.1 Å². The third-order valence-corrected chi connectivity index (χ3v) is 5.50. The van der Waals surface area contributed by atoms with Crippen LogP contribution in [-0.4, -0.2) is 42.9 Å². The number of hydrogen-bond donors (Lipinski definition) is 1. The number of nitrogens with zero attached hydrogens (tertiary/aromatic N) is 1. The minimum absolute atomic E-state index is 0.0528. The SMILES string of the molecule is CCN(CC)Cc1ccccc1CNC(=O)C1CCCC12OCCO2. The molecule has 1 heterocycles. The maximum atomic E-state index is 12.7. The van der Waals surface area contributed by atoms with Gasteiger partial charge in [0.1, 0.15) is 0 Å². The van der Waals surface area contributed by atoms with Crippen LogP contribution in [0.15, 0.2) is 24.3 Å². The van der Waals surface area contributed by atoms with E-state index in [0.29, 0.717) is 19.8 Å². The molecule has 0 radical (unpaired) electrons. The Hall–Kier alpha value is -1.43. The first-order valence-electron chi connectivity index (χ1n) is 9.53. The maximum Gasteiger partial charge on any atom is 0.228 e. The lowest BCUT2D eigenvalue weighted by atomic mass is 10.0. The van der Waals surface area contributed by atoms with Gasteiger partial charge in [-0.05, 0) is 37.1 Å². The van der Waals surface area contributed by atoms with E-state index in [4.69, 9.17) is 9.47 Å². The number of nitrogens with one attached hydrogen (secondary N) is 1. The molecule has 0 aromatic heterocycles. The van der Waals surface area contributed by atoms with Gasteiger partial charge in [0, 0.05) is 19.5 Å². The Kier molecular flexibility index (Phi) is 6.10. The first kappa shape index (κ1) is 18.4. The van der Waals surface area contributed by atoms with Gasteiger partial charge in [0.2, 0.25) is 5.91 Å². The molecule has 1 aromatic rings. The lowest BCUT2D eigenvalue weighted by molar-refractivity contribution is -0.186. The average Bonchev–Trinajstić information content (AvgIpc) is 3.28. The van der Waals surface area contributed by atoms with Crippen LogP contribution in [0.1, 0.15) is 44.2 Å². The molecule has 1 aliphatic carbocycles. The van der Waals surface area contributed by atoms with Crippen molar-refractivity contribution in [3.05, 3.63) is 35.4 Å². The fraction of sp³-hybridized carbons (Fsp3) is 0.650. The highest BCUT2D eigenvalue weighted by atomic mass is 16.7. The number of carbonyl (C=O) groups excluding carboxylic acids is 1. The number of rotatable bonds is 7. The first-order valence-corrected chi connectivity index (χ1v) is 9.53. The van der Waals surface area contributed by atoms with Crippen molar-refractivity contribution < 1.29 is 14.3 Å². The fourth-order valence-electron chi connectivity index (χ4n) is 3.97. The van der Waals surface area contributed by atoms with Gasteiger partial charge in [-0.15, -0.1) is 0 Å². The maximum absolute atomic E-state index is 12.7. The van der Waals surface area contributed by atoms with Crippen LogP contribution in [0.3, 0.4) is 0 Å². The van der Waals surface area contributed by atoms with Gasteiger partial charge >= 0.3 is 0 Å². The van der Waals surface area contributed by atoms with Gasteiger partial charge in [-0.3, -0.25) is 9.69 Å². The lowest BCUT2D eigenvalue weighted by Crippen LogP contribution is -2.44. The second kappa shape index (κ2) is 8.30. The molecule has 1 atom stereocenters. The summed E-state index contributed by atoms with van der Waals surface area (Å²) in [6.45, 7) is 9.06. The van der Waals surface area contributed by atoms with Gasteiger partial charge in [-0.2, -0.15) is 0 Å². The molecule has 5 heteroatoms. The highest BCUT2D eigenvalue weighted by Crippen LogP contribution is 2.42. The van der Waals surface area contributed by atoms with E-state index in [2.05, 4.69) is 42.3 Å². The Morgan fingerprint density at radius 2 is 1.88 bits per heavy atom. The summed E-state index contributed by atoms with van der Waals surface area (Å²) >= 11 is 0. The fourth-order valence-corrected chi connectivity index (χ4v) is 3.97. The van der Waals surface area contributed by atoms with E-state index in [9.17, 15) is 4.79 Å². The van der Waals surface area contributed by atoms with E-state index in [1.807, 2.05) is 6.07 Å². The summed E-state index contributed by atoms with van der Waals surface area (Å²) in [7, 11) is 0. The molecule has 1 aromatic carbocycles. The molecule has 138 valence electrons. The first-order chi connectivity index (χ1) is 12.2. The Balaban J connectivity index is 1.62. The zero-order chi connectivity index (χ0) is 17.7. The molecule has 5 nitrogen and oxygen atoms in total. The molecule has 3 rings (SSSR count). The number of benzene rings is 1. The summed E-state index contributed by atoms with van der Waals surface area (Å²) in [4.78, 5) is 15.1. The smallest absolute Gasteiger partial charge is 0.228 e. The van der Waals surface area contributed by atoms with Crippen LogP contribution in [0.2, 0.25) is 0 Å². The topological polar surface area (TPSA) is 50.8 Å². The molecule has 0 bridgehead atoms. The van der Waals surface area contributed by atoms with E-state index >= 15 is 0 Å². The Morgan fingerprint density at radius 1 is 1.20 bits per heavy atom. The lowest BCUT2D eigenvalue weighted by Gasteiger charge is -2.28. The van der Waals surface area contributed by atoms with Crippen molar-refractivity contribution in [1.29, 1.82) is 0 Å². The van der Waals surface area contributed by atoms with Gasteiger partial charge in [-0.25, -0.2) is 0 Å². The van der Waals surface area contributed by atoms with Gasteiger partial charge in [-0.1, -0.05) is 38.1 Å². The van der Waals surface area contributed by atoms with Crippen LogP contribution in [0.4, 0.5) is 0 Å². The average molecular weight is 346 g/mol. The van der Waals surface area contributed by atoms with Crippen molar-refractivity contribution >= 4 is 5.91 Å². The van der Waals surface area contributed by atoms with Crippen molar-refractivity contribution in [2.75, 3.05) is 26.3 Å². The van der Waals surface area contributed by atoms with Crippen molar-refractivity contribution in [1.82, 2.24) is 10.2 Å². The molecule has 25 heavy (non-hydrogen) atoms. The Bertz CT molecular complexity index is 575. The normalized spacial score (nSPS) is 22.0. The van der Waals surface area contributed by atoms with E-state index in [1.54, 1.807) is 0 Å². The molecule has 2 fully saturated rings. The van der Waals surface area contributed by atoms with Crippen molar-refractivity contribution in [2.24, 2.45) is 5.92 Å². The minimum atomic E-state index is -0.662. The monoisotopic (exact) mass is 346 g/mol. The van der Waals surface area contributed by atoms with Crippen molar-refractivity contribution in [3.8, 4) is 0 Å². The number of ether oxygens (including phenoxy) is 2. The third kappa shape index (κ3) is 4.05. The van der Waals surface area contributed by atoms with Crippen LogP contribution in [0.25, 0.3) is 0 Å². The van der Waals surface area contributed by atoms with Gasteiger partial charge < -0.3 is 14.8 Å². The summed E-state index contributed by atoms with van der Waals surface area (Å²) in [5, 5.41) is 3.12. The van der Waals surface area contributed by atoms with E-state index < -0.39 is 5.79 Å². The Labute approximate surface area is 150 Å². The summed E-state index contributed by atoms with van der Waals surface area (Å²) in [5.74, 6) is -0.799. The predicted molar refractivity (Wildman–Crippen MR) is 96.9 cm³/mol. The highest BCUT2D eigenvalue weighted by molar-refractivity contribution is 5.80. The summed E-state index contributed by atoms with van der Waals surface area (Å²) in [5.41, 5.74) is 2.46. The van der Waals surface area contributed by atoms with Gasteiger partial charge in [0.15, 0.2) is 5.79 Å². The quantitative estimate of drug-likeness (QED) is 0.825. The van der Waals surface area contributed by atoms with Crippen LogP contribution in [0, 0.1) is 5.92 Å². The molecule has 1 saturated carbocycles. The molecule has 1 unspecified atom stereocenters. The molecule has 1 N–H and O–H groups in total. The van der Waals surface area contributed by atoms with E-state index in [1.165, 1.54) is 11.1 Å². The van der Waals surface area contributed by atoms with Crippen LogP contribution in [0.5, 0.6) is 0 Å². The number of carbonyl (C=O) groups is 1. The summed E-state index contributed by atoms with van der Waals surface area (Å²) < 4.78 is 11.6. The molecular formula is C20H30N2O3. The molecule has 1 spiro atoms. The number of amides is 1. The molecule has 2 aliphatic rings. The van der Waals surface area contributed by atoms with Gasteiger partial charge in [0.25, 0.3) is 0 Å². The molecular weight excluding hydrogens is 316 g/mol. The zero-order valence-electron chi connectivity index (χ0n) is 15.4. The van der Waals surface area contributed by atoms with Crippen LogP contribution >= 0.6 is 0 Å². The van der Waals surface area contributed by atoms with Crippen LogP contribution < -0.4 is 5.32 Å². The van der Waals surface area contributed by atoms with E-state index in [0.717, 1.165) is 38.9 Å². The highest BCUT2D eigenvalue weighted by Gasteiger charge is 2.51. The zero-order valence-corrected chi connectivity index (χ0v) is 15.4.